The predicted molar refractivity (Wildman–Crippen MR) is 124 cm³/mol. The summed E-state index contributed by atoms with van der Waals surface area (Å²) in [4.78, 5) is 27.8. The molecule has 7 heteroatoms. The first-order chi connectivity index (χ1) is 15.4. The van der Waals surface area contributed by atoms with Crippen molar-refractivity contribution in [1.82, 2.24) is 4.90 Å². The van der Waals surface area contributed by atoms with E-state index in [1.165, 1.54) is 4.90 Å². The van der Waals surface area contributed by atoms with Crippen LogP contribution in [0.1, 0.15) is 32.8 Å². The number of carbonyl (C=O) groups is 2. The molecule has 1 aliphatic rings. The highest BCUT2D eigenvalue weighted by Gasteiger charge is 2.39. The van der Waals surface area contributed by atoms with Crippen molar-refractivity contribution in [2.75, 3.05) is 32.7 Å². The highest BCUT2D eigenvalue weighted by Crippen LogP contribution is 2.34. The Morgan fingerprint density at radius 3 is 2.06 bits per heavy atom. The van der Waals surface area contributed by atoms with E-state index < -0.39 is 0 Å². The monoisotopic (exact) mass is 438 g/mol. The maximum absolute atomic E-state index is 13.3. The summed E-state index contributed by atoms with van der Waals surface area (Å²) >= 11 is 0. The Labute approximate surface area is 189 Å². The molecule has 0 saturated carbocycles. The summed E-state index contributed by atoms with van der Waals surface area (Å²) in [6, 6.07) is 12.5. The minimum Gasteiger partial charge on any atom is -0.497 e. The molecular weight excluding hydrogens is 408 g/mol. The lowest BCUT2D eigenvalue weighted by atomic mass is 10.0. The number of anilines is 1. The zero-order valence-electron chi connectivity index (χ0n) is 19.2. The highest BCUT2D eigenvalue weighted by atomic mass is 16.5. The van der Waals surface area contributed by atoms with Crippen LogP contribution in [0.5, 0.6) is 17.2 Å². The van der Waals surface area contributed by atoms with E-state index in [0.717, 1.165) is 12.2 Å². The van der Waals surface area contributed by atoms with Crippen LogP contribution in [0, 0.1) is 5.92 Å². The number of benzene rings is 2. The number of nitrogens with one attached hydrogen (secondary N) is 1. The van der Waals surface area contributed by atoms with Gasteiger partial charge < -0.3 is 19.5 Å². The maximum Gasteiger partial charge on any atom is 0.278 e. The summed E-state index contributed by atoms with van der Waals surface area (Å²) in [6.07, 6.45) is 0.905. The number of carbonyl (C=O) groups excluding carboxylic acids is 2. The summed E-state index contributed by atoms with van der Waals surface area (Å²) in [7, 11) is 3.11. The number of amides is 2. The Balaban J connectivity index is 2.03. The Morgan fingerprint density at radius 2 is 1.53 bits per heavy atom. The Morgan fingerprint density at radius 1 is 0.906 bits per heavy atom. The summed E-state index contributed by atoms with van der Waals surface area (Å²) < 4.78 is 16.3. The van der Waals surface area contributed by atoms with Crippen molar-refractivity contribution in [2.24, 2.45) is 5.92 Å². The summed E-state index contributed by atoms with van der Waals surface area (Å²) in [5.74, 6) is 1.34. The van der Waals surface area contributed by atoms with Gasteiger partial charge in [0, 0.05) is 30.4 Å². The van der Waals surface area contributed by atoms with E-state index >= 15 is 0 Å². The van der Waals surface area contributed by atoms with Gasteiger partial charge in [0.05, 0.1) is 26.4 Å². The third-order valence-corrected chi connectivity index (χ3v) is 4.95. The van der Waals surface area contributed by atoms with E-state index in [2.05, 4.69) is 5.32 Å². The molecule has 7 nitrogen and oxygen atoms in total. The van der Waals surface area contributed by atoms with Crippen LogP contribution < -0.4 is 19.5 Å². The second-order valence-electron chi connectivity index (χ2n) is 7.96. The highest BCUT2D eigenvalue weighted by molar-refractivity contribution is 6.36. The Hall–Kier alpha value is -3.48. The molecule has 1 N–H and O–H groups in total. The first-order valence-corrected chi connectivity index (χ1v) is 10.7. The summed E-state index contributed by atoms with van der Waals surface area (Å²) in [6.45, 7) is 6.94. The molecule has 0 fully saturated rings. The lowest BCUT2D eigenvalue weighted by molar-refractivity contribution is -0.137. The average Bonchev–Trinajstić information content (AvgIpc) is 3.01. The van der Waals surface area contributed by atoms with Gasteiger partial charge in [0.15, 0.2) is 0 Å². The molecule has 1 heterocycles. The van der Waals surface area contributed by atoms with Gasteiger partial charge in [0.2, 0.25) is 0 Å². The molecule has 2 amide bonds. The van der Waals surface area contributed by atoms with Crippen LogP contribution in [0.2, 0.25) is 0 Å². The largest absolute Gasteiger partial charge is 0.497 e. The summed E-state index contributed by atoms with van der Waals surface area (Å²) in [5, 5.41) is 3.15. The lowest BCUT2D eigenvalue weighted by Gasteiger charge is -2.17. The molecule has 2 aromatic rings. The third kappa shape index (κ3) is 5.04. The Kier molecular flexibility index (Phi) is 7.41. The zero-order valence-corrected chi connectivity index (χ0v) is 19.2. The van der Waals surface area contributed by atoms with E-state index in [1.54, 1.807) is 44.6 Å². The van der Waals surface area contributed by atoms with Crippen molar-refractivity contribution in [2.45, 2.75) is 27.2 Å². The van der Waals surface area contributed by atoms with Crippen LogP contribution in [0.25, 0.3) is 5.57 Å². The van der Waals surface area contributed by atoms with Crippen molar-refractivity contribution in [1.29, 1.82) is 0 Å². The van der Waals surface area contributed by atoms with E-state index in [4.69, 9.17) is 14.2 Å². The second kappa shape index (κ2) is 10.2. The number of ether oxygens (including phenoxy) is 3. The number of imide groups is 1. The zero-order chi connectivity index (χ0) is 23.3. The molecule has 0 bridgehead atoms. The smallest absolute Gasteiger partial charge is 0.278 e. The SMILES string of the molecule is CCCOc1ccc(C2=C(Nc3cc(OC)cc(OC)c3)C(=O)N(CC(C)C)C2=O)cc1. The molecule has 0 saturated heterocycles. The number of hydrogen-bond acceptors (Lipinski definition) is 6. The fourth-order valence-electron chi connectivity index (χ4n) is 3.45. The minimum atomic E-state index is -0.355. The van der Waals surface area contributed by atoms with Gasteiger partial charge in [-0.25, -0.2) is 0 Å². The predicted octanol–water partition coefficient (Wildman–Crippen LogP) is 4.34. The van der Waals surface area contributed by atoms with E-state index in [-0.39, 0.29) is 23.4 Å². The van der Waals surface area contributed by atoms with Crippen molar-refractivity contribution in [3.8, 4) is 17.2 Å². The molecule has 0 aromatic heterocycles. The van der Waals surface area contributed by atoms with Gasteiger partial charge in [-0.05, 0) is 30.0 Å². The number of methoxy groups -OCH3 is 2. The summed E-state index contributed by atoms with van der Waals surface area (Å²) in [5.41, 5.74) is 1.80. The Bertz CT molecular complexity index is 989. The molecule has 0 atom stereocenters. The van der Waals surface area contributed by atoms with Crippen LogP contribution >= 0.6 is 0 Å². The average molecular weight is 439 g/mol. The molecule has 0 radical (unpaired) electrons. The van der Waals surface area contributed by atoms with Gasteiger partial charge in [0.1, 0.15) is 22.9 Å². The maximum atomic E-state index is 13.3. The van der Waals surface area contributed by atoms with Gasteiger partial charge >= 0.3 is 0 Å². The molecule has 2 aromatic carbocycles. The van der Waals surface area contributed by atoms with Crippen LogP contribution in [-0.4, -0.2) is 44.1 Å². The molecule has 170 valence electrons. The fourth-order valence-corrected chi connectivity index (χ4v) is 3.45. The standard InChI is InChI=1S/C25H30N2O5/c1-6-11-32-19-9-7-17(8-10-19)22-23(25(29)27(24(22)28)15-16(2)3)26-18-12-20(30-4)14-21(13-18)31-5/h7-10,12-14,16,26H,6,11,15H2,1-5H3. The van der Waals surface area contributed by atoms with Gasteiger partial charge in [-0.2, -0.15) is 0 Å². The number of nitrogens with zero attached hydrogens (tertiary/aromatic N) is 1. The van der Waals surface area contributed by atoms with E-state index in [0.29, 0.717) is 41.5 Å². The topological polar surface area (TPSA) is 77.1 Å². The van der Waals surface area contributed by atoms with Gasteiger partial charge in [-0.3, -0.25) is 14.5 Å². The van der Waals surface area contributed by atoms with Gasteiger partial charge in [-0.15, -0.1) is 0 Å². The normalized spacial score (nSPS) is 13.8. The number of hydrogen-bond donors (Lipinski definition) is 1. The molecule has 0 spiro atoms. The van der Waals surface area contributed by atoms with E-state index in [9.17, 15) is 9.59 Å². The van der Waals surface area contributed by atoms with Crippen molar-refractivity contribution < 1.29 is 23.8 Å². The first kappa shape index (κ1) is 23.2. The molecule has 32 heavy (non-hydrogen) atoms. The molecule has 0 unspecified atom stereocenters. The van der Waals surface area contributed by atoms with Crippen molar-refractivity contribution in [3.63, 3.8) is 0 Å². The van der Waals surface area contributed by atoms with Crippen molar-refractivity contribution in [3.05, 3.63) is 53.7 Å². The van der Waals surface area contributed by atoms with Crippen LogP contribution in [0.4, 0.5) is 5.69 Å². The quantitative estimate of drug-likeness (QED) is 0.556. The van der Waals surface area contributed by atoms with Crippen LogP contribution in [0.3, 0.4) is 0 Å². The minimum absolute atomic E-state index is 0.144. The third-order valence-electron chi connectivity index (χ3n) is 4.95. The molecule has 0 aliphatic carbocycles. The van der Waals surface area contributed by atoms with Crippen molar-refractivity contribution >= 4 is 23.1 Å². The molecular formula is C25H30N2O5. The fraction of sp³-hybridized carbons (Fsp3) is 0.360. The van der Waals surface area contributed by atoms with Gasteiger partial charge in [0.25, 0.3) is 11.8 Å². The second-order valence-corrected chi connectivity index (χ2v) is 7.96. The number of rotatable bonds is 10. The van der Waals surface area contributed by atoms with Crippen LogP contribution in [0.15, 0.2) is 48.2 Å². The molecule has 1 aliphatic heterocycles. The van der Waals surface area contributed by atoms with Gasteiger partial charge in [-0.1, -0.05) is 32.9 Å². The first-order valence-electron chi connectivity index (χ1n) is 10.7. The van der Waals surface area contributed by atoms with E-state index in [1.807, 2.05) is 32.9 Å². The lowest BCUT2D eigenvalue weighted by Crippen LogP contribution is -2.35. The van der Waals surface area contributed by atoms with Crippen LogP contribution in [-0.2, 0) is 9.59 Å². The molecule has 3 rings (SSSR count).